The fourth-order valence-corrected chi connectivity index (χ4v) is 1.37. The predicted molar refractivity (Wildman–Crippen MR) is 62.7 cm³/mol. The Kier molecular flexibility index (Phi) is 5.23. The molecule has 0 aliphatic rings. The molecule has 0 aliphatic heterocycles. The van der Waals surface area contributed by atoms with Gasteiger partial charge in [-0.05, 0) is 13.0 Å². The van der Waals surface area contributed by atoms with Crippen molar-refractivity contribution in [2.24, 2.45) is 0 Å². The van der Waals surface area contributed by atoms with E-state index in [0.29, 0.717) is 0 Å². The Morgan fingerprint density at radius 3 is 2.72 bits per heavy atom. The number of rotatable bonds is 6. The zero-order valence-electron chi connectivity index (χ0n) is 9.93. The summed E-state index contributed by atoms with van der Waals surface area (Å²) in [5, 5.41) is 27.8. The van der Waals surface area contributed by atoms with Gasteiger partial charge in [-0.25, -0.2) is 4.79 Å². The van der Waals surface area contributed by atoms with E-state index in [2.05, 4.69) is 4.98 Å². The summed E-state index contributed by atoms with van der Waals surface area (Å²) in [7, 11) is 0. The number of aliphatic hydroxyl groups is 3. The average molecular weight is 259 g/mol. The van der Waals surface area contributed by atoms with Gasteiger partial charge in [-0.2, -0.15) is 4.98 Å². The van der Waals surface area contributed by atoms with E-state index in [0.717, 1.165) is 4.57 Å². The highest BCUT2D eigenvalue weighted by atomic mass is 16.5. The molecule has 18 heavy (non-hydrogen) atoms. The fourth-order valence-electron chi connectivity index (χ4n) is 1.37. The predicted octanol–water partition coefficient (Wildman–Crippen LogP) is -1.93. The topological polar surface area (TPSA) is 131 Å². The lowest BCUT2D eigenvalue weighted by molar-refractivity contribution is -0.127. The van der Waals surface area contributed by atoms with Gasteiger partial charge >= 0.3 is 5.69 Å². The normalized spacial score (nSPS) is 16.2. The number of aromatic nitrogens is 2. The van der Waals surface area contributed by atoms with Gasteiger partial charge in [0, 0.05) is 6.20 Å². The number of ether oxygens (including phenoxy) is 1. The van der Waals surface area contributed by atoms with Crippen molar-refractivity contribution in [1.82, 2.24) is 9.55 Å². The molecule has 8 heteroatoms. The molecule has 0 radical (unpaired) electrons. The zero-order chi connectivity index (χ0) is 13.7. The van der Waals surface area contributed by atoms with Crippen molar-refractivity contribution in [3.8, 4) is 0 Å². The summed E-state index contributed by atoms with van der Waals surface area (Å²) < 4.78 is 6.15. The number of nitrogen functional groups attached to an aromatic ring is 1. The first-order valence-corrected chi connectivity index (χ1v) is 5.40. The number of aliphatic hydroxyl groups excluding tert-OH is 3. The van der Waals surface area contributed by atoms with E-state index in [4.69, 9.17) is 15.6 Å². The SMILES string of the molecule is C[C@@H](O)[C@@H](O)[C@@H](OCCO)n1ccc(N)nc1=O. The highest BCUT2D eigenvalue weighted by molar-refractivity contribution is 5.23. The Morgan fingerprint density at radius 1 is 1.56 bits per heavy atom. The second-order valence-corrected chi connectivity index (χ2v) is 3.76. The minimum Gasteiger partial charge on any atom is -0.394 e. The van der Waals surface area contributed by atoms with Crippen LogP contribution >= 0.6 is 0 Å². The molecule has 1 aromatic heterocycles. The van der Waals surface area contributed by atoms with Crippen LogP contribution in [-0.4, -0.2) is 50.3 Å². The number of nitrogens with zero attached hydrogens (tertiary/aromatic N) is 2. The summed E-state index contributed by atoms with van der Waals surface area (Å²) in [4.78, 5) is 15.1. The highest BCUT2D eigenvalue weighted by Crippen LogP contribution is 2.14. The number of nitrogens with two attached hydrogens (primary N) is 1. The smallest absolute Gasteiger partial charge is 0.351 e. The molecule has 0 saturated heterocycles. The van der Waals surface area contributed by atoms with E-state index in [9.17, 15) is 15.0 Å². The van der Waals surface area contributed by atoms with Crippen molar-refractivity contribution in [3.63, 3.8) is 0 Å². The standard InChI is InChI=1S/C10H17N3O5/c1-6(15)8(16)9(18-5-4-14)13-3-2-7(11)12-10(13)17/h2-3,6,8-9,14-16H,4-5H2,1H3,(H2,11,12,17)/t6-,8-,9-/m1/s1. The summed E-state index contributed by atoms with van der Waals surface area (Å²) in [5.41, 5.74) is 4.64. The molecule has 0 aliphatic carbocycles. The molecule has 0 spiro atoms. The first-order chi connectivity index (χ1) is 8.47. The van der Waals surface area contributed by atoms with Gasteiger partial charge in [0.25, 0.3) is 0 Å². The second kappa shape index (κ2) is 6.45. The Bertz CT molecular complexity index is 434. The average Bonchev–Trinajstić information content (AvgIpc) is 2.31. The molecule has 0 unspecified atom stereocenters. The van der Waals surface area contributed by atoms with Crippen molar-refractivity contribution in [2.45, 2.75) is 25.4 Å². The Balaban J connectivity index is 3.04. The fraction of sp³-hybridized carbons (Fsp3) is 0.600. The minimum absolute atomic E-state index is 0.0451. The van der Waals surface area contributed by atoms with Crippen molar-refractivity contribution < 1.29 is 20.1 Å². The minimum atomic E-state index is -1.33. The van der Waals surface area contributed by atoms with Crippen molar-refractivity contribution in [3.05, 3.63) is 22.7 Å². The Morgan fingerprint density at radius 2 is 2.22 bits per heavy atom. The number of hydrogen-bond donors (Lipinski definition) is 4. The Labute approximate surface area is 103 Å². The van der Waals surface area contributed by atoms with Gasteiger partial charge < -0.3 is 25.8 Å². The molecule has 1 rings (SSSR count). The summed E-state index contributed by atoms with van der Waals surface area (Å²) in [6.07, 6.45) is -2.28. The molecule has 0 saturated carbocycles. The lowest BCUT2D eigenvalue weighted by Crippen LogP contribution is -2.40. The molecular weight excluding hydrogens is 242 g/mol. The summed E-state index contributed by atoms with van der Waals surface area (Å²) in [6, 6.07) is 1.37. The summed E-state index contributed by atoms with van der Waals surface area (Å²) in [6.45, 7) is 0.987. The molecule has 8 nitrogen and oxygen atoms in total. The summed E-state index contributed by atoms with van der Waals surface area (Å²) in [5.74, 6) is 0.0451. The van der Waals surface area contributed by atoms with Crippen LogP contribution in [0.4, 0.5) is 5.82 Å². The monoisotopic (exact) mass is 259 g/mol. The molecule has 3 atom stereocenters. The Hall–Kier alpha value is -1.48. The van der Waals surface area contributed by atoms with E-state index < -0.39 is 24.1 Å². The van der Waals surface area contributed by atoms with Crippen LogP contribution in [-0.2, 0) is 4.74 Å². The third kappa shape index (κ3) is 3.50. The van der Waals surface area contributed by atoms with Gasteiger partial charge in [0.15, 0.2) is 6.23 Å². The van der Waals surface area contributed by atoms with Gasteiger partial charge in [0.05, 0.1) is 19.3 Å². The molecule has 1 aromatic rings. The van der Waals surface area contributed by atoms with E-state index in [1.165, 1.54) is 19.2 Å². The van der Waals surface area contributed by atoms with Crippen LogP contribution in [0.15, 0.2) is 17.1 Å². The van der Waals surface area contributed by atoms with E-state index in [1.807, 2.05) is 0 Å². The number of anilines is 1. The number of hydrogen-bond acceptors (Lipinski definition) is 7. The lowest BCUT2D eigenvalue weighted by atomic mass is 10.2. The van der Waals surface area contributed by atoms with Gasteiger partial charge in [-0.3, -0.25) is 4.57 Å². The van der Waals surface area contributed by atoms with Crippen LogP contribution in [0, 0.1) is 0 Å². The van der Waals surface area contributed by atoms with E-state index in [-0.39, 0.29) is 19.0 Å². The third-order valence-corrected chi connectivity index (χ3v) is 2.29. The molecule has 0 aromatic carbocycles. The van der Waals surface area contributed by atoms with E-state index >= 15 is 0 Å². The lowest BCUT2D eigenvalue weighted by Gasteiger charge is -2.26. The molecule has 0 amide bonds. The van der Waals surface area contributed by atoms with Gasteiger partial charge in [-0.15, -0.1) is 0 Å². The van der Waals surface area contributed by atoms with Crippen molar-refractivity contribution in [1.29, 1.82) is 0 Å². The molecular formula is C10H17N3O5. The molecule has 1 heterocycles. The zero-order valence-corrected chi connectivity index (χ0v) is 9.93. The quantitative estimate of drug-likeness (QED) is 0.468. The van der Waals surface area contributed by atoms with E-state index in [1.54, 1.807) is 0 Å². The van der Waals surface area contributed by atoms with Crippen LogP contribution in [0.25, 0.3) is 0 Å². The van der Waals surface area contributed by atoms with Gasteiger partial charge in [0.2, 0.25) is 0 Å². The van der Waals surface area contributed by atoms with Crippen LogP contribution in [0.2, 0.25) is 0 Å². The van der Waals surface area contributed by atoms with Crippen LogP contribution in [0.1, 0.15) is 13.2 Å². The first-order valence-electron chi connectivity index (χ1n) is 5.40. The van der Waals surface area contributed by atoms with Crippen LogP contribution < -0.4 is 11.4 Å². The maximum absolute atomic E-state index is 11.6. The molecule has 5 N–H and O–H groups in total. The van der Waals surface area contributed by atoms with Crippen molar-refractivity contribution in [2.75, 3.05) is 18.9 Å². The summed E-state index contributed by atoms with van der Waals surface area (Å²) >= 11 is 0. The van der Waals surface area contributed by atoms with Crippen molar-refractivity contribution >= 4 is 5.82 Å². The highest BCUT2D eigenvalue weighted by Gasteiger charge is 2.26. The molecule has 0 fully saturated rings. The van der Waals surface area contributed by atoms with Crippen LogP contribution in [0.3, 0.4) is 0 Å². The largest absolute Gasteiger partial charge is 0.394 e. The first kappa shape index (κ1) is 14.6. The molecule has 102 valence electrons. The third-order valence-electron chi connectivity index (χ3n) is 2.29. The maximum atomic E-state index is 11.6. The molecule has 0 bridgehead atoms. The van der Waals surface area contributed by atoms with Crippen LogP contribution in [0.5, 0.6) is 0 Å². The second-order valence-electron chi connectivity index (χ2n) is 3.76. The maximum Gasteiger partial charge on any atom is 0.351 e. The van der Waals surface area contributed by atoms with Gasteiger partial charge in [-0.1, -0.05) is 0 Å². The van der Waals surface area contributed by atoms with Gasteiger partial charge in [0.1, 0.15) is 11.9 Å².